The minimum atomic E-state index is -0.0677. The maximum atomic E-state index is 11.9. The Morgan fingerprint density at radius 1 is 0.952 bits per heavy atom. The van der Waals surface area contributed by atoms with E-state index in [9.17, 15) is 9.90 Å². The molecule has 0 heterocycles. The van der Waals surface area contributed by atoms with Crippen LogP contribution in [0.3, 0.4) is 0 Å². The zero-order chi connectivity index (χ0) is 14.8. The van der Waals surface area contributed by atoms with Crippen LogP contribution in [-0.4, -0.2) is 17.0 Å². The van der Waals surface area contributed by atoms with Crippen molar-refractivity contribution in [3.8, 4) is 0 Å². The van der Waals surface area contributed by atoms with Crippen molar-refractivity contribution < 1.29 is 9.90 Å². The molecule has 0 aromatic carbocycles. The summed E-state index contributed by atoms with van der Waals surface area (Å²) in [5, 5.41) is 10.5. The predicted molar refractivity (Wildman–Crippen MR) is 82.7 cm³/mol. The van der Waals surface area contributed by atoms with E-state index in [0.29, 0.717) is 17.1 Å². The molecule has 6 unspecified atom stereocenters. The number of hydrogen-bond acceptors (Lipinski definition) is 2. The number of rotatable bonds is 0. The summed E-state index contributed by atoms with van der Waals surface area (Å²) >= 11 is 0. The molecule has 4 fully saturated rings. The molecular formula is C19H30O2. The van der Waals surface area contributed by atoms with Crippen molar-refractivity contribution in [1.82, 2.24) is 0 Å². The van der Waals surface area contributed by atoms with Crippen LogP contribution >= 0.6 is 0 Å². The van der Waals surface area contributed by atoms with Crippen molar-refractivity contribution in [3.63, 3.8) is 0 Å². The highest BCUT2D eigenvalue weighted by Gasteiger charge is 2.59. The summed E-state index contributed by atoms with van der Waals surface area (Å²) in [6.45, 7) is 4.85. The molecule has 4 rings (SSSR count). The monoisotopic (exact) mass is 290 g/mol. The molecule has 2 nitrogen and oxygen atoms in total. The number of hydrogen-bond donors (Lipinski definition) is 1. The lowest BCUT2D eigenvalue weighted by Gasteiger charge is -2.60. The number of ketones is 1. The summed E-state index contributed by atoms with van der Waals surface area (Å²) in [4.78, 5) is 11.9. The Balaban J connectivity index is 1.64. The van der Waals surface area contributed by atoms with E-state index in [4.69, 9.17) is 0 Å². The maximum absolute atomic E-state index is 11.9. The molecule has 0 radical (unpaired) electrons. The van der Waals surface area contributed by atoms with Crippen LogP contribution in [0, 0.1) is 34.5 Å². The van der Waals surface area contributed by atoms with Crippen LogP contribution in [0.2, 0.25) is 0 Å². The number of carbonyl (C=O) groups excluding carboxylic acids is 1. The second-order valence-electron chi connectivity index (χ2n) is 9.04. The van der Waals surface area contributed by atoms with E-state index in [1.165, 1.54) is 32.1 Å². The Morgan fingerprint density at radius 3 is 2.52 bits per heavy atom. The summed E-state index contributed by atoms with van der Waals surface area (Å²) in [5.41, 5.74) is 0.598. The van der Waals surface area contributed by atoms with Gasteiger partial charge >= 0.3 is 0 Å². The van der Waals surface area contributed by atoms with E-state index in [-0.39, 0.29) is 11.5 Å². The molecule has 21 heavy (non-hydrogen) atoms. The molecular weight excluding hydrogens is 260 g/mol. The number of aliphatic hydroxyl groups is 1. The zero-order valence-electron chi connectivity index (χ0n) is 13.6. The molecule has 0 amide bonds. The summed E-state index contributed by atoms with van der Waals surface area (Å²) in [6, 6.07) is 0. The maximum Gasteiger partial charge on any atom is 0.133 e. The van der Waals surface area contributed by atoms with E-state index in [1.54, 1.807) is 0 Å². The third-order valence-electron chi connectivity index (χ3n) is 8.43. The van der Waals surface area contributed by atoms with Crippen LogP contribution in [0.15, 0.2) is 0 Å². The van der Waals surface area contributed by atoms with E-state index in [0.717, 1.165) is 43.4 Å². The van der Waals surface area contributed by atoms with Gasteiger partial charge in [-0.05, 0) is 79.4 Å². The fraction of sp³-hybridized carbons (Fsp3) is 0.947. The van der Waals surface area contributed by atoms with Crippen LogP contribution in [-0.2, 0) is 4.79 Å². The topological polar surface area (TPSA) is 37.3 Å². The quantitative estimate of drug-likeness (QED) is 0.733. The molecule has 2 heteroatoms. The van der Waals surface area contributed by atoms with Gasteiger partial charge in [0.15, 0.2) is 0 Å². The van der Waals surface area contributed by atoms with Gasteiger partial charge in [0.25, 0.3) is 0 Å². The first kappa shape index (κ1) is 14.2. The van der Waals surface area contributed by atoms with Gasteiger partial charge in [0.1, 0.15) is 5.78 Å². The molecule has 0 bridgehead atoms. The molecule has 0 aromatic rings. The fourth-order valence-corrected chi connectivity index (χ4v) is 7.02. The van der Waals surface area contributed by atoms with Crippen molar-refractivity contribution >= 4 is 5.78 Å². The highest BCUT2D eigenvalue weighted by molar-refractivity contribution is 5.79. The first-order valence-corrected chi connectivity index (χ1v) is 9.15. The molecule has 0 spiro atoms. The Hall–Kier alpha value is -0.370. The number of carbonyl (C=O) groups is 1. The third-order valence-corrected chi connectivity index (χ3v) is 8.43. The minimum absolute atomic E-state index is 0.0677. The lowest BCUT2D eigenvalue weighted by Crippen LogP contribution is -2.54. The smallest absolute Gasteiger partial charge is 0.133 e. The highest BCUT2D eigenvalue weighted by Crippen LogP contribution is 2.65. The van der Waals surface area contributed by atoms with E-state index in [2.05, 4.69) is 13.8 Å². The lowest BCUT2D eigenvalue weighted by molar-refractivity contribution is -0.141. The van der Waals surface area contributed by atoms with Crippen molar-refractivity contribution in [2.24, 2.45) is 34.5 Å². The Bertz CT molecular complexity index is 458. The fourth-order valence-electron chi connectivity index (χ4n) is 7.02. The minimum Gasteiger partial charge on any atom is -0.393 e. The molecule has 7 atom stereocenters. The number of fused-ring (bicyclic) bond motifs is 5. The molecule has 1 N–H and O–H groups in total. The predicted octanol–water partition coefficient (Wildman–Crippen LogP) is 3.96. The first-order chi connectivity index (χ1) is 9.95. The average Bonchev–Trinajstić information content (AvgIpc) is 2.76. The van der Waals surface area contributed by atoms with Crippen LogP contribution in [0.5, 0.6) is 0 Å². The van der Waals surface area contributed by atoms with Gasteiger partial charge in [-0.1, -0.05) is 13.8 Å². The largest absolute Gasteiger partial charge is 0.393 e. The summed E-state index contributed by atoms with van der Waals surface area (Å²) in [6.07, 6.45) is 10.0. The van der Waals surface area contributed by atoms with Gasteiger partial charge in [-0.2, -0.15) is 0 Å². The van der Waals surface area contributed by atoms with Gasteiger partial charge in [0.2, 0.25) is 0 Å². The molecule has 0 aliphatic heterocycles. The second-order valence-corrected chi connectivity index (χ2v) is 9.04. The van der Waals surface area contributed by atoms with Crippen molar-refractivity contribution in [1.29, 1.82) is 0 Å². The molecule has 4 saturated carbocycles. The summed E-state index contributed by atoms with van der Waals surface area (Å²) in [5.74, 6) is 3.52. The molecule has 118 valence electrons. The van der Waals surface area contributed by atoms with E-state index >= 15 is 0 Å². The first-order valence-electron chi connectivity index (χ1n) is 9.15. The van der Waals surface area contributed by atoms with Gasteiger partial charge in [0.05, 0.1) is 6.10 Å². The highest BCUT2D eigenvalue weighted by atomic mass is 16.3. The van der Waals surface area contributed by atoms with Crippen molar-refractivity contribution in [2.75, 3.05) is 0 Å². The van der Waals surface area contributed by atoms with Gasteiger partial charge in [0, 0.05) is 12.8 Å². The molecule has 0 aromatic heterocycles. The zero-order valence-corrected chi connectivity index (χ0v) is 13.6. The average molecular weight is 290 g/mol. The van der Waals surface area contributed by atoms with Gasteiger partial charge in [-0.15, -0.1) is 0 Å². The Labute approximate surface area is 128 Å². The van der Waals surface area contributed by atoms with E-state index in [1.807, 2.05) is 0 Å². The van der Waals surface area contributed by atoms with Gasteiger partial charge in [-0.25, -0.2) is 0 Å². The number of aliphatic hydroxyl groups excluding tert-OH is 1. The molecule has 4 aliphatic carbocycles. The van der Waals surface area contributed by atoms with Crippen LogP contribution < -0.4 is 0 Å². The molecule has 0 saturated heterocycles. The van der Waals surface area contributed by atoms with Crippen LogP contribution in [0.25, 0.3) is 0 Å². The number of Topliss-reactive ketones (excluding diaryl/α,β-unsaturated/α-hetero) is 1. The van der Waals surface area contributed by atoms with Crippen LogP contribution in [0.1, 0.15) is 71.6 Å². The second kappa shape index (κ2) is 4.57. The van der Waals surface area contributed by atoms with Crippen LogP contribution in [0.4, 0.5) is 0 Å². The Kier molecular flexibility index (Phi) is 3.10. The molecule has 4 aliphatic rings. The normalized spacial score (nSPS) is 56.5. The van der Waals surface area contributed by atoms with Crippen molar-refractivity contribution in [3.05, 3.63) is 0 Å². The summed E-state index contributed by atoms with van der Waals surface area (Å²) in [7, 11) is 0. The van der Waals surface area contributed by atoms with Gasteiger partial charge in [-0.3, -0.25) is 4.79 Å². The van der Waals surface area contributed by atoms with Crippen molar-refractivity contribution in [2.45, 2.75) is 77.7 Å². The summed E-state index contributed by atoms with van der Waals surface area (Å²) < 4.78 is 0. The SMILES string of the molecule is CC12CCC3C(CC[C@H]4CC(=O)CCC34C)C1CCC2O. The third kappa shape index (κ3) is 1.84. The standard InChI is InChI=1S/C19H30O2/c1-18-9-7-13(20)11-12(18)3-4-14-15-5-6-17(21)19(15,2)10-8-16(14)18/h12,14-17,21H,3-11H2,1-2H3/t12-,14?,15?,16?,17?,18?,19?/m0/s1. The lowest BCUT2D eigenvalue weighted by atomic mass is 9.45. The van der Waals surface area contributed by atoms with Gasteiger partial charge < -0.3 is 5.11 Å². The Morgan fingerprint density at radius 2 is 1.71 bits per heavy atom. The van der Waals surface area contributed by atoms with E-state index < -0.39 is 0 Å².